The number of aromatic nitrogens is 1. The molecule has 0 aliphatic carbocycles. The van der Waals surface area contributed by atoms with E-state index in [4.69, 9.17) is 9.84 Å². The van der Waals surface area contributed by atoms with Crippen molar-refractivity contribution in [2.24, 2.45) is 0 Å². The fourth-order valence-electron chi connectivity index (χ4n) is 3.04. The first-order valence-corrected chi connectivity index (χ1v) is 9.39. The molecule has 0 bridgehead atoms. The smallest absolute Gasteiger partial charge is 0.352 e. The summed E-state index contributed by atoms with van der Waals surface area (Å²) in [5.74, 6) is -2.00. The average Bonchev–Trinajstić information content (AvgIpc) is 3.18. The minimum Gasteiger partial charge on any atom is -0.506 e. The monoisotopic (exact) mass is 410 g/mol. The van der Waals surface area contributed by atoms with Crippen molar-refractivity contribution in [1.29, 1.82) is 0 Å². The van der Waals surface area contributed by atoms with Crippen LogP contribution >= 0.6 is 0 Å². The van der Waals surface area contributed by atoms with Gasteiger partial charge in [-0.3, -0.25) is 9.59 Å². The molecule has 0 spiro atoms. The van der Waals surface area contributed by atoms with Crippen LogP contribution in [0.1, 0.15) is 39.8 Å². The molecule has 3 rings (SSSR count). The van der Waals surface area contributed by atoms with Crippen LogP contribution in [0.25, 0.3) is 10.9 Å². The van der Waals surface area contributed by atoms with E-state index in [1.807, 2.05) is 30.3 Å². The molecular weight excluding hydrogens is 388 g/mol. The number of benzene rings is 2. The lowest BCUT2D eigenvalue weighted by Crippen LogP contribution is -2.33. The Morgan fingerprint density at radius 3 is 2.57 bits per heavy atom. The number of carbonyl (C=O) groups is 3. The van der Waals surface area contributed by atoms with E-state index >= 15 is 0 Å². The van der Waals surface area contributed by atoms with Crippen LogP contribution in [0.15, 0.2) is 48.5 Å². The second kappa shape index (κ2) is 9.23. The van der Waals surface area contributed by atoms with Gasteiger partial charge in [-0.1, -0.05) is 30.3 Å². The van der Waals surface area contributed by atoms with Crippen LogP contribution in [-0.4, -0.2) is 45.5 Å². The molecule has 0 radical (unpaired) electrons. The van der Waals surface area contributed by atoms with Crippen LogP contribution in [0.3, 0.4) is 0 Å². The van der Waals surface area contributed by atoms with Gasteiger partial charge in [0.05, 0.1) is 18.5 Å². The molecule has 0 amide bonds. The number of hydrogen-bond donors (Lipinski definition) is 4. The van der Waals surface area contributed by atoms with E-state index in [0.717, 1.165) is 5.56 Å². The molecule has 0 aliphatic heterocycles. The number of carbonyl (C=O) groups excluding carboxylic acids is 2. The van der Waals surface area contributed by atoms with Crippen LogP contribution in [0.2, 0.25) is 0 Å². The summed E-state index contributed by atoms with van der Waals surface area (Å²) in [4.78, 5) is 38.4. The standard InChI is InChI=1S/C22H22N2O6/c1-13(9-20(27)30-12-14-5-3-2-4-6-14)23-11-19(26)15-7-8-18(25)21-16(15)10-17(24-21)22(28)29/h2-8,10,13,23-25H,9,11-12H2,1H3,(H,28,29). The molecule has 1 heterocycles. The number of ketones is 1. The van der Waals surface area contributed by atoms with Gasteiger partial charge in [-0.2, -0.15) is 0 Å². The average molecular weight is 410 g/mol. The number of H-pyrrole nitrogens is 1. The molecule has 8 heteroatoms. The van der Waals surface area contributed by atoms with E-state index in [0.29, 0.717) is 5.39 Å². The predicted octanol–water partition coefficient (Wildman–Crippen LogP) is 2.87. The second-order valence-corrected chi connectivity index (χ2v) is 6.96. The number of phenols is 1. The quantitative estimate of drug-likeness (QED) is 0.315. The SMILES string of the molecule is CC(CC(=O)OCc1ccccc1)NCC(=O)c1ccc(O)c2[nH]c(C(=O)O)cc12. The van der Waals surface area contributed by atoms with Crippen molar-refractivity contribution in [1.82, 2.24) is 10.3 Å². The molecule has 1 atom stereocenters. The molecule has 1 aromatic heterocycles. The van der Waals surface area contributed by atoms with E-state index < -0.39 is 5.97 Å². The zero-order valence-corrected chi connectivity index (χ0v) is 16.3. The molecule has 0 fully saturated rings. The Morgan fingerprint density at radius 2 is 1.87 bits per heavy atom. The van der Waals surface area contributed by atoms with Crippen molar-refractivity contribution >= 4 is 28.6 Å². The highest BCUT2D eigenvalue weighted by molar-refractivity contribution is 6.11. The number of carboxylic acid groups (broad SMARTS) is 1. The number of phenolic OH excluding ortho intramolecular Hbond substituents is 1. The number of rotatable bonds is 9. The molecule has 0 saturated carbocycles. The van der Waals surface area contributed by atoms with E-state index in [-0.39, 0.29) is 59.9 Å². The number of hydrogen-bond acceptors (Lipinski definition) is 6. The number of Topliss-reactive ketones (excluding diaryl/α,β-unsaturated/α-hetero) is 1. The summed E-state index contributed by atoms with van der Waals surface area (Å²) in [6.07, 6.45) is 0.0957. The first-order chi connectivity index (χ1) is 14.3. The number of ether oxygens (including phenoxy) is 1. The maximum atomic E-state index is 12.6. The summed E-state index contributed by atoms with van der Waals surface area (Å²) in [6, 6.07) is 13.1. The summed E-state index contributed by atoms with van der Waals surface area (Å²) < 4.78 is 5.23. The summed E-state index contributed by atoms with van der Waals surface area (Å²) in [7, 11) is 0. The van der Waals surface area contributed by atoms with E-state index in [1.165, 1.54) is 18.2 Å². The van der Waals surface area contributed by atoms with Crippen LogP contribution in [-0.2, 0) is 16.1 Å². The molecule has 0 aliphatic rings. The van der Waals surface area contributed by atoms with Crippen molar-refractivity contribution in [2.75, 3.05) is 6.54 Å². The lowest BCUT2D eigenvalue weighted by molar-refractivity contribution is -0.145. The number of nitrogens with one attached hydrogen (secondary N) is 2. The van der Waals surface area contributed by atoms with Gasteiger partial charge in [0.2, 0.25) is 0 Å². The maximum Gasteiger partial charge on any atom is 0.352 e. The number of aromatic carboxylic acids is 1. The Balaban J connectivity index is 1.56. The molecule has 3 aromatic rings. The van der Waals surface area contributed by atoms with Crippen molar-refractivity contribution in [3.05, 3.63) is 65.4 Å². The zero-order valence-electron chi connectivity index (χ0n) is 16.3. The van der Waals surface area contributed by atoms with Gasteiger partial charge in [-0.05, 0) is 30.7 Å². The Hall–Kier alpha value is -3.65. The van der Waals surface area contributed by atoms with Gasteiger partial charge >= 0.3 is 11.9 Å². The van der Waals surface area contributed by atoms with E-state index in [9.17, 15) is 19.5 Å². The molecule has 30 heavy (non-hydrogen) atoms. The highest BCUT2D eigenvalue weighted by Gasteiger charge is 2.18. The summed E-state index contributed by atoms with van der Waals surface area (Å²) in [5.41, 5.74) is 1.24. The summed E-state index contributed by atoms with van der Waals surface area (Å²) >= 11 is 0. The van der Waals surface area contributed by atoms with Crippen molar-refractivity contribution in [3.8, 4) is 5.75 Å². The molecule has 2 aromatic carbocycles. The maximum absolute atomic E-state index is 12.6. The van der Waals surface area contributed by atoms with Gasteiger partial charge in [0.15, 0.2) is 5.78 Å². The van der Waals surface area contributed by atoms with Crippen LogP contribution in [0.4, 0.5) is 0 Å². The topological polar surface area (TPSA) is 129 Å². The van der Waals surface area contributed by atoms with Gasteiger partial charge in [-0.25, -0.2) is 4.79 Å². The van der Waals surface area contributed by atoms with Crippen molar-refractivity contribution < 1.29 is 29.3 Å². The lowest BCUT2D eigenvalue weighted by Gasteiger charge is -2.13. The number of aromatic amines is 1. The van der Waals surface area contributed by atoms with Crippen molar-refractivity contribution in [3.63, 3.8) is 0 Å². The third-order valence-corrected chi connectivity index (χ3v) is 4.63. The normalized spacial score (nSPS) is 11.9. The molecule has 8 nitrogen and oxygen atoms in total. The highest BCUT2D eigenvalue weighted by atomic mass is 16.5. The van der Waals surface area contributed by atoms with Gasteiger partial charge in [0, 0.05) is 17.0 Å². The molecule has 1 unspecified atom stereocenters. The lowest BCUT2D eigenvalue weighted by atomic mass is 10.0. The van der Waals surface area contributed by atoms with Gasteiger partial charge in [0.1, 0.15) is 18.1 Å². The molecule has 4 N–H and O–H groups in total. The van der Waals surface area contributed by atoms with Crippen LogP contribution in [0.5, 0.6) is 5.75 Å². The Morgan fingerprint density at radius 1 is 1.13 bits per heavy atom. The second-order valence-electron chi connectivity index (χ2n) is 6.96. The minimum absolute atomic E-state index is 0.0550. The largest absolute Gasteiger partial charge is 0.506 e. The highest BCUT2D eigenvalue weighted by Crippen LogP contribution is 2.28. The van der Waals surface area contributed by atoms with Gasteiger partial charge in [0.25, 0.3) is 0 Å². The molecule has 0 saturated heterocycles. The third kappa shape index (κ3) is 5.03. The van der Waals surface area contributed by atoms with Gasteiger partial charge < -0.3 is 25.3 Å². The number of esters is 1. The minimum atomic E-state index is -1.19. The van der Waals surface area contributed by atoms with E-state index in [1.54, 1.807) is 6.92 Å². The molecular formula is C22H22N2O6. The fraction of sp³-hybridized carbons (Fsp3) is 0.227. The Bertz CT molecular complexity index is 1070. The van der Waals surface area contributed by atoms with E-state index in [2.05, 4.69) is 10.3 Å². The predicted molar refractivity (Wildman–Crippen MR) is 110 cm³/mol. The first-order valence-electron chi connectivity index (χ1n) is 9.39. The summed E-state index contributed by atoms with van der Waals surface area (Å²) in [6.45, 7) is 1.90. The zero-order chi connectivity index (χ0) is 21.7. The van der Waals surface area contributed by atoms with Crippen LogP contribution in [0, 0.1) is 0 Å². The number of aromatic hydroxyl groups is 1. The van der Waals surface area contributed by atoms with Crippen molar-refractivity contribution in [2.45, 2.75) is 26.0 Å². The fourth-order valence-corrected chi connectivity index (χ4v) is 3.04. The third-order valence-electron chi connectivity index (χ3n) is 4.63. The number of fused-ring (bicyclic) bond motifs is 1. The van der Waals surface area contributed by atoms with Crippen LogP contribution < -0.4 is 5.32 Å². The first kappa shape index (κ1) is 21.1. The number of carboxylic acids is 1. The summed E-state index contributed by atoms with van der Waals surface area (Å²) in [5, 5.41) is 22.4. The molecule has 156 valence electrons. The Labute approximate surface area is 172 Å². The van der Waals surface area contributed by atoms with Gasteiger partial charge in [-0.15, -0.1) is 0 Å². The Kier molecular flexibility index (Phi) is 6.48.